The third-order valence-corrected chi connectivity index (χ3v) is 7.27. The van der Waals surface area contributed by atoms with Gasteiger partial charge in [-0.25, -0.2) is 4.57 Å². The van der Waals surface area contributed by atoms with Gasteiger partial charge in [-0.3, -0.25) is 9.59 Å². The van der Waals surface area contributed by atoms with Crippen LogP contribution in [0.15, 0.2) is 75.9 Å². The lowest BCUT2D eigenvalue weighted by Gasteiger charge is -2.25. The molecular weight excluding hydrogens is 541 g/mol. The van der Waals surface area contributed by atoms with Crippen LogP contribution in [0.4, 0.5) is 0 Å². The fraction of sp³-hybridized carbons (Fsp3) is 0.214. The molecule has 0 saturated carbocycles. The van der Waals surface area contributed by atoms with Crippen molar-refractivity contribution in [2.45, 2.75) is 26.3 Å². The van der Waals surface area contributed by atoms with E-state index >= 15 is 0 Å². The van der Waals surface area contributed by atoms with Gasteiger partial charge in [-0.2, -0.15) is 5.09 Å². The summed E-state index contributed by atoms with van der Waals surface area (Å²) < 4.78 is 36.2. The minimum Gasteiger partial charge on any atom is -0.507 e. The van der Waals surface area contributed by atoms with Crippen molar-refractivity contribution >= 4 is 24.7 Å². The van der Waals surface area contributed by atoms with Gasteiger partial charge in [0.1, 0.15) is 40.0 Å². The van der Waals surface area contributed by atoms with Gasteiger partial charge in [-0.15, -0.1) is 0 Å². The average molecular weight is 570 g/mol. The molecule has 4 aromatic rings. The number of fused-ring (bicyclic) bond motifs is 1. The van der Waals surface area contributed by atoms with E-state index in [-0.39, 0.29) is 51.9 Å². The molecule has 0 amide bonds. The van der Waals surface area contributed by atoms with E-state index in [2.05, 4.69) is 5.09 Å². The summed E-state index contributed by atoms with van der Waals surface area (Å²) in [5.74, 6) is -1.96. The highest BCUT2D eigenvalue weighted by Crippen LogP contribution is 2.47. The zero-order valence-electron chi connectivity index (χ0n) is 21.9. The molecule has 0 radical (unpaired) electrons. The Morgan fingerprint density at radius 1 is 0.925 bits per heavy atom. The topological polar surface area (TPSA) is 165 Å². The summed E-state index contributed by atoms with van der Waals surface area (Å²) in [5.41, 5.74) is -0.449. The number of hydrogen-bond donors (Lipinski definition) is 4. The summed E-state index contributed by atoms with van der Waals surface area (Å²) in [6.45, 7) is 3.74. The molecule has 0 bridgehead atoms. The summed E-state index contributed by atoms with van der Waals surface area (Å²) in [7, 11) is -3.17. The second kappa shape index (κ2) is 11.7. The van der Waals surface area contributed by atoms with Crippen LogP contribution in [-0.2, 0) is 14.1 Å². The van der Waals surface area contributed by atoms with Gasteiger partial charge < -0.3 is 33.5 Å². The molecule has 1 unspecified atom stereocenters. The lowest BCUT2D eigenvalue weighted by molar-refractivity contribution is -0.143. The number of phenolic OH excluding ortho intramolecular Hbond substituents is 3. The number of nitrogens with one attached hydrogen (secondary N) is 1. The summed E-state index contributed by atoms with van der Waals surface area (Å²) in [6.07, 6.45) is 0.249. The molecule has 0 spiro atoms. The van der Waals surface area contributed by atoms with Gasteiger partial charge in [0.05, 0.1) is 7.11 Å². The Bertz CT molecular complexity index is 1630. The van der Waals surface area contributed by atoms with Crippen molar-refractivity contribution in [2.75, 3.05) is 7.11 Å². The molecule has 4 rings (SSSR count). The third kappa shape index (κ3) is 6.56. The van der Waals surface area contributed by atoms with Crippen molar-refractivity contribution in [2.24, 2.45) is 5.92 Å². The van der Waals surface area contributed by atoms with Crippen LogP contribution in [0.25, 0.3) is 22.3 Å². The fourth-order valence-electron chi connectivity index (χ4n) is 3.95. The minimum absolute atomic E-state index is 0.0125. The smallest absolute Gasteiger partial charge is 0.507 e. The highest BCUT2D eigenvalue weighted by molar-refractivity contribution is 7.52. The second-order valence-electron chi connectivity index (χ2n) is 9.32. The molecule has 0 saturated heterocycles. The van der Waals surface area contributed by atoms with Crippen molar-refractivity contribution in [3.8, 4) is 40.1 Å². The maximum Gasteiger partial charge on any atom is 0.513 e. The van der Waals surface area contributed by atoms with Crippen LogP contribution in [0.3, 0.4) is 0 Å². The Labute approximate surface area is 229 Å². The van der Waals surface area contributed by atoms with E-state index in [1.807, 2.05) is 13.8 Å². The lowest BCUT2D eigenvalue weighted by Crippen LogP contribution is -2.38. The molecule has 1 heterocycles. The number of hydrogen-bond acceptors (Lipinski definition) is 10. The molecule has 2 atom stereocenters. The van der Waals surface area contributed by atoms with Gasteiger partial charge in [0.2, 0.25) is 0 Å². The second-order valence-corrected chi connectivity index (χ2v) is 10.9. The van der Waals surface area contributed by atoms with Crippen LogP contribution >= 0.6 is 7.75 Å². The highest BCUT2D eigenvalue weighted by Gasteiger charge is 2.36. The van der Waals surface area contributed by atoms with Gasteiger partial charge in [-0.05, 0) is 42.7 Å². The van der Waals surface area contributed by atoms with Crippen molar-refractivity contribution in [3.63, 3.8) is 0 Å². The molecule has 0 fully saturated rings. The molecular formula is C28H28NO10P. The Balaban J connectivity index is 1.77. The molecule has 0 aliphatic heterocycles. The van der Waals surface area contributed by atoms with E-state index in [4.69, 9.17) is 18.2 Å². The predicted molar refractivity (Wildman–Crippen MR) is 147 cm³/mol. The predicted octanol–water partition coefficient (Wildman–Crippen LogP) is 5.32. The SMILES string of the molecule is COC(=O)[C@H](CC(C)C)NP(=O)(Oc1ccccc1)Oc1cc(O)c2c(=O)cc(-c3ccc(O)c(O)c3)oc2c1. The standard InChI is InChI=1S/C28H28NO10P/c1-16(2)11-20(28(34)36-3)29-40(35,38-18-7-5-4-6-8-18)39-19-13-23(32)27-24(33)15-25(37-26(27)14-19)17-9-10-21(30)22(31)12-17/h4-10,12-16,20,30-32H,11H2,1-3H3,(H,29,35)/t20-,40?/m0/s1. The van der Waals surface area contributed by atoms with Crippen LogP contribution in [0, 0.1) is 5.92 Å². The van der Waals surface area contributed by atoms with Crippen LogP contribution < -0.4 is 19.6 Å². The molecule has 40 heavy (non-hydrogen) atoms. The Morgan fingerprint density at radius 3 is 2.27 bits per heavy atom. The number of carbonyl (C=O) groups excluding carboxylic acids is 1. The molecule has 11 nitrogen and oxygen atoms in total. The van der Waals surface area contributed by atoms with Crippen LogP contribution in [-0.4, -0.2) is 34.4 Å². The molecule has 0 aliphatic carbocycles. The molecule has 3 aromatic carbocycles. The third-order valence-electron chi connectivity index (χ3n) is 5.74. The molecule has 12 heteroatoms. The summed E-state index contributed by atoms with van der Waals surface area (Å²) in [6, 6.07) is 14.4. The zero-order chi connectivity index (χ0) is 29.0. The number of benzene rings is 3. The van der Waals surface area contributed by atoms with Crippen molar-refractivity contribution in [1.82, 2.24) is 5.09 Å². The molecule has 4 N–H and O–H groups in total. The van der Waals surface area contributed by atoms with E-state index in [0.29, 0.717) is 0 Å². The Morgan fingerprint density at radius 2 is 1.62 bits per heavy atom. The van der Waals surface area contributed by atoms with Gasteiger partial charge in [-0.1, -0.05) is 32.0 Å². The normalized spacial score (nSPS) is 13.5. The van der Waals surface area contributed by atoms with E-state index < -0.39 is 36.7 Å². The quantitative estimate of drug-likeness (QED) is 0.111. The van der Waals surface area contributed by atoms with Crippen molar-refractivity contribution in [1.29, 1.82) is 0 Å². The largest absolute Gasteiger partial charge is 0.513 e. The van der Waals surface area contributed by atoms with Gasteiger partial charge in [0.15, 0.2) is 16.9 Å². The summed E-state index contributed by atoms with van der Waals surface area (Å²) >= 11 is 0. The van der Waals surface area contributed by atoms with Gasteiger partial charge in [0, 0.05) is 23.8 Å². The fourth-order valence-corrected chi connectivity index (χ4v) is 5.47. The zero-order valence-corrected chi connectivity index (χ0v) is 22.8. The van der Waals surface area contributed by atoms with Crippen LogP contribution in [0.1, 0.15) is 20.3 Å². The number of ether oxygens (including phenoxy) is 1. The first kappa shape index (κ1) is 28.5. The number of esters is 1. The molecule has 210 valence electrons. The number of methoxy groups -OCH3 is 1. The van der Waals surface area contributed by atoms with Crippen LogP contribution in [0.5, 0.6) is 28.7 Å². The Kier molecular flexibility index (Phi) is 8.37. The summed E-state index contributed by atoms with van der Waals surface area (Å²) in [4.78, 5) is 25.3. The Hall–Kier alpha value is -4.47. The van der Waals surface area contributed by atoms with E-state index in [1.165, 1.54) is 31.4 Å². The number of aromatic hydroxyl groups is 3. The maximum atomic E-state index is 14.0. The lowest BCUT2D eigenvalue weighted by atomic mass is 10.1. The van der Waals surface area contributed by atoms with Gasteiger partial charge >= 0.3 is 13.7 Å². The monoisotopic (exact) mass is 569 g/mol. The van der Waals surface area contributed by atoms with Crippen molar-refractivity contribution in [3.05, 3.63) is 77.0 Å². The molecule has 0 aliphatic rings. The number of rotatable bonds is 10. The number of para-hydroxylation sites is 1. The van der Waals surface area contributed by atoms with E-state index in [0.717, 1.165) is 12.1 Å². The summed E-state index contributed by atoms with van der Waals surface area (Å²) in [5, 5.41) is 32.6. The first-order valence-electron chi connectivity index (χ1n) is 12.2. The average Bonchev–Trinajstić information content (AvgIpc) is 2.89. The van der Waals surface area contributed by atoms with Crippen molar-refractivity contribution < 1.29 is 42.9 Å². The van der Waals surface area contributed by atoms with Gasteiger partial charge in [0.25, 0.3) is 0 Å². The van der Waals surface area contributed by atoms with E-state index in [1.54, 1.807) is 30.3 Å². The highest BCUT2D eigenvalue weighted by atomic mass is 31.2. The minimum atomic E-state index is -4.38. The number of phenols is 3. The molecule has 1 aromatic heterocycles. The first-order valence-corrected chi connectivity index (χ1v) is 13.8. The maximum absolute atomic E-state index is 14.0. The first-order chi connectivity index (χ1) is 19.0. The van der Waals surface area contributed by atoms with Crippen LogP contribution in [0.2, 0.25) is 0 Å². The van der Waals surface area contributed by atoms with E-state index in [9.17, 15) is 29.5 Å². The number of carbonyl (C=O) groups is 1.